The van der Waals surface area contributed by atoms with E-state index in [0.29, 0.717) is 5.56 Å². The van der Waals surface area contributed by atoms with Crippen LogP contribution in [0, 0.1) is 6.92 Å². The van der Waals surface area contributed by atoms with Crippen molar-refractivity contribution >= 4 is 11.8 Å². The van der Waals surface area contributed by atoms with Gasteiger partial charge in [-0.3, -0.25) is 9.59 Å². The first-order chi connectivity index (χ1) is 12.3. The summed E-state index contributed by atoms with van der Waals surface area (Å²) in [6.45, 7) is 3.76. The van der Waals surface area contributed by atoms with Crippen molar-refractivity contribution in [3.63, 3.8) is 0 Å². The summed E-state index contributed by atoms with van der Waals surface area (Å²) < 4.78 is 33.5. The number of halogens is 2. The molecule has 2 heterocycles. The third-order valence-corrected chi connectivity index (χ3v) is 4.24. The quantitative estimate of drug-likeness (QED) is 0.849. The Hall–Kier alpha value is -3.03. The molecule has 1 aromatic carbocycles. The number of hydrogen-bond acceptors (Lipinski definition) is 4. The highest BCUT2D eigenvalue weighted by atomic mass is 19.3. The van der Waals surface area contributed by atoms with Crippen LogP contribution in [0.4, 0.5) is 8.78 Å². The highest BCUT2D eigenvalue weighted by Gasteiger charge is 2.50. The molecule has 1 atom stereocenters. The fraction of sp³-hybridized carbons (Fsp3) is 0.278. The maximum absolute atomic E-state index is 14.2. The monoisotopic (exact) mass is 361 g/mol. The van der Waals surface area contributed by atoms with Crippen molar-refractivity contribution in [2.45, 2.75) is 18.9 Å². The Balaban J connectivity index is 1.84. The number of hydrogen-bond donors (Lipinski definition) is 1. The van der Waals surface area contributed by atoms with Crippen molar-refractivity contribution < 1.29 is 22.9 Å². The number of benzene rings is 1. The normalized spacial score (nSPS) is 18.6. The summed E-state index contributed by atoms with van der Waals surface area (Å²) >= 11 is 0. The Morgan fingerprint density at radius 1 is 1.38 bits per heavy atom. The van der Waals surface area contributed by atoms with Gasteiger partial charge in [-0.25, -0.2) is 8.78 Å². The first-order valence-electron chi connectivity index (χ1n) is 7.95. The zero-order chi connectivity index (χ0) is 18.9. The van der Waals surface area contributed by atoms with Gasteiger partial charge >= 0.3 is 0 Å². The predicted molar refractivity (Wildman–Crippen MR) is 89.7 cm³/mol. The second-order valence-corrected chi connectivity index (χ2v) is 6.04. The second kappa shape index (κ2) is 6.70. The van der Waals surface area contributed by atoms with Gasteiger partial charge in [0.15, 0.2) is 0 Å². The van der Waals surface area contributed by atoms with Gasteiger partial charge in [0.25, 0.3) is 11.8 Å². The number of rotatable bonds is 4. The highest BCUT2D eigenvalue weighted by molar-refractivity contribution is 6.01. The highest BCUT2D eigenvalue weighted by Crippen LogP contribution is 2.30. The molecule has 8 heteroatoms. The van der Waals surface area contributed by atoms with Gasteiger partial charge in [0.2, 0.25) is 5.91 Å². The predicted octanol–water partition coefficient (Wildman–Crippen LogP) is 2.41. The minimum absolute atomic E-state index is 0.0977. The van der Waals surface area contributed by atoms with Crippen molar-refractivity contribution in [2.75, 3.05) is 13.1 Å². The van der Waals surface area contributed by atoms with Crippen LogP contribution >= 0.6 is 0 Å². The Labute approximate surface area is 148 Å². The average molecular weight is 361 g/mol. The van der Waals surface area contributed by atoms with Crippen molar-refractivity contribution in [2.24, 2.45) is 0 Å². The Kier molecular flexibility index (Phi) is 4.58. The minimum Gasteiger partial charge on any atom is -0.360 e. The molecule has 1 fully saturated rings. The van der Waals surface area contributed by atoms with Crippen molar-refractivity contribution in [3.8, 4) is 11.3 Å². The lowest BCUT2D eigenvalue weighted by atomic mass is 10.0. The largest absolute Gasteiger partial charge is 0.360 e. The van der Waals surface area contributed by atoms with E-state index in [2.05, 4.69) is 17.1 Å². The van der Waals surface area contributed by atoms with Crippen LogP contribution in [-0.4, -0.2) is 46.9 Å². The van der Waals surface area contributed by atoms with Gasteiger partial charge in [-0.15, -0.1) is 0 Å². The Morgan fingerprint density at radius 2 is 2.08 bits per heavy atom. The smallest absolute Gasteiger partial charge is 0.286 e. The van der Waals surface area contributed by atoms with E-state index in [9.17, 15) is 18.4 Å². The molecule has 6 nitrogen and oxygen atoms in total. The number of likely N-dealkylation sites (tertiary alicyclic amines) is 1. The third kappa shape index (κ3) is 3.22. The zero-order valence-corrected chi connectivity index (χ0v) is 14.0. The summed E-state index contributed by atoms with van der Waals surface area (Å²) in [6.07, 6.45) is 0.970. The molecule has 0 aliphatic carbocycles. The van der Waals surface area contributed by atoms with Crippen LogP contribution in [0.1, 0.15) is 16.1 Å². The van der Waals surface area contributed by atoms with Crippen LogP contribution in [0.25, 0.3) is 11.3 Å². The zero-order valence-electron chi connectivity index (χ0n) is 14.0. The number of alkyl halides is 2. The van der Waals surface area contributed by atoms with Gasteiger partial charge < -0.3 is 14.7 Å². The lowest BCUT2D eigenvalue weighted by Gasteiger charge is -2.18. The van der Waals surface area contributed by atoms with Gasteiger partial charge in [-0.05, 0) is 13.0 Å². The maximum Gasteiger partial charge on any atom is 0.286 e. The summed E-state index contributed by atoms with van der Waals surface area (Å²) in [6, 6.07) is 7.32. The molecule has 1 aliphatic rings. The van der Waals surface area contributed by atoms with E-state index in [1.807, 2.05) is 0 Å². The molecule has 2 aromatic rings. The fourth-order valence-electron chi connectivity index (χ4n) is 2.89. The molecular formula is C18H17F2N3O3. The van der Waals surface area contributed by atoms with E-state index in [0.717, 1.165) is 11.0 Å². The van der Waals surface area contributed by atoms with E-state index in [-0.39, 0.29) is 23.6 Å². The molecule has 0 bridgehead atoms. The van der Waals surface area contributed by atoms with E-state index in [1.165, 1.54) is 6.92 Å². The number of amides is 2. The first kappa shape index (κ1) is 17.8. The summed E-state index contributed by atoms with van der Waals surface area (Å²) in [5.41, 5.74) is 1.01. The summed E-state index contributed by atoms with van der Waals surface area (Å²) in [5.74, 6) is -4.35. The van der Waals surface area contributed by atoms with E-state index in [4.69, 9.17) is 4.52 Å². The molecule has 0 spiro atoms. The van der Waals surface area contributed by atoms with Crippen molar-refractivity contribution in [3.05, 3.63) is 54.3 Å². The number of aryl methyl sites for hydroxylation is 1. The van der Waals surface area contributed by atoms with Crippen LogP contribution < -0.4 is 5.32 Å². The molecule has 0 radical (unpaired) electrons. The number of aromatic nitrogens is 1. The van der Waals surface area contributed by atoms with Crippen molar-refractivity contribution in [1.82, 2.24) is 15.4 Å². The SMILES string of the molecule is C=CC(=O)N1CC(NC(=O)c2c(-c3ccccc3)noc2C)C(F)(F)C1. The molecule has 26 heavy (non-hydrogen) atoms. The molecule has 1 N–H and O–H groups in total. The van der Waals surface area contributed by atoms with Crippen LogP contribution in [-0.2, 0) is 4.79 Å². The molecule has 1 aliphatic heterocycles. The number of carbonyl (C=O) groups excluding carboxylic acids is 2. The second-order valence-electron chi connectivity index (χ2n) is 6.04. The van der Waals surface area contributed by atoms with Gasteiger partial charge in [0, 0.05) is 12.1 Å². The number of nitrogens with one attached hydrogen (secondary N) is 1. The first-order valence-corrected chi connectivity index (χ1v) is 7.95. The van der Waals surface area contributed by atoms with Gasteiger partial charge in [-0.1, -0.05) is 42.1 Å². The average Bonchev–Trinajstić information content (AvgIpc) is 3.15. The minimum atomic E-state index is -3.24. The Bertz CT molecular complexity index is 849. The lowest BCUT2D eigenvalue weighted by molar-refractivity contribution is -0.126. The van der Waals surface area contributed by atoms with Crippen molar-refractivity contribution in [1.29, 1.82) is 0 Å². The number of carbonyl (C=O) groups is 2. The third-order valence-electron chi connectivity index (χ3n) is 4.24. The lowest BCUT2D eigenvalue weighted by Crippen LogP contribution is -2.46. The van der Waals surface area contributed by atoms with E-state index >= 15 is 0 Å². The molecule has 1 unspecified atom stereocenters. The van der Waals surface area contributed by atoms with Crippen LogP contribution in [0.3, 0.4) is 0 Å². The van der Waals surface area contributed by atoms with Crippen LogP contribution in [0.15, 0.2) is 47.5 Å². The molecule has 2 amide bonds. The topological polar surface area (TPSA) is 75.4 Å². The number of nitrogens with zero attached hydrogens (tertiary/aromatic N) is 2. The molecule has 136 valence electrons. The molecule has 1 saturated heterocycles. The molecule has 3 rings (SSSR count). The Morgan fingerprint density at radius 3 is 2.73 bits per heavy atom. The maximum atomic E-state index is 14.2. The van der Waals surface area contributed by atoms with E-state index in [1.54, 1.807) is 30.3 Å². The summed E-state index contributed by atoms with van der Waals surface area (Å²) in [7, 11) is 0. The fourth-order valence-corrected chi connectivity index (χ4v) is 2.89. The molecular weight excluding hydrogens is 344 g/mol. The van der Waals surface area contributed by atoms with Crippen LogP contribution in [0.2, 0.25) is 0 Å². The van der Waals surface area contributed by atoms with Gasteiger partial charge in [0.05, 0.1) is 6.54 Å². The van der Waals surface area contributed by atoms with E-state index < -0.39 is 30.3 Å². The molecule has 0 saturated carbocycles. The molecule has 1 aromatic heterocycles. The van der Waals surface area contributed by atoms with Gasteiger partial charge in [-0.2, -0.15) is 0 Å². The standard InChI is InChI=1S/C18H17F2N3O3/c1-3-14(24)23-9-13(18(19,20)10-23)21-17(25)15-11(2)26-22-16(15)12-7-5-4-6-8-12/h3-8,13H,1,9-10H2,2H3,(H,21,25). The van der Waals surface area contributed by atoms with Crippen LogP contribution in [0.5, 0.6) is 0 Å². The van der Waals surface area contributed by atoms with Gasteiger partial charge in [0.1, 0.15) is 23.1 Å². The summed E-state index contributed by atoms with van der Waals surface area (Å²) in [4.78, 5) is 25.2. The summed E-state index contributed by atoms with van der Waals surface area (Å²) in [5, 5.41) is 6.19.